The number of fused-ring (bicyclic) bond motifs is 1. The number of imidazole rings is 1. The molecule has 3 rings (SSSR count). The van der Waals surface area contributed by atoms with Crippen molar-refractivity contribution in [2.45, 2.75) is 32.3 Å². The van der Waals surface area contributed by atoms with Gasteiger partial charge >= 0.3 is 5.97 Å². The van der Waals surface area contributed by atoms with Crippen LogP contribution >= 0.6 is 0 Å². The number of esters is 1. The summed E-state index contributed by atoms with van der Waals surface area (Å²) in [7, 11) is 3.30. The highest BCUT2D eigenvalue weighted by Gasteiger charge is 2.24. The Morgan fingerprint density at radius 2 is 2.23 bits per heavy atom. The van der Waals surface area contributed by atoms with Crippen LogP contribution in [0.2, 0.25) is 0 Å². The SMILES string of the molecule is COC(=O)CCN(CC1CCCO1)C(=O)c1ccc2c(c1)nc(C)n2C. The number of carbonyl (C=O) groups is 2. The minimum Gasteiger partial charge on any atom is -0.469 e. The van der Waals surface area contributed by atoms with Gasteiger partial charge in [0.2, 0.25) is 0 Å². The number of ether oxygens (including phenoxy) is 2. The van der Waals surface area contributed by atoms with Gasteiger partial charge in [-0.25, -0.2) is 4.98 Å². The first-order chi connectivity index (χ1) is 12.5. The van der Waals surface area contributed by atoms with Gasteiger partial charge in [0.25, 0.3) is 5.91 Å². The van der Waals surface area contributed by atoms with E-state index in [-0.39, 0.29) is 24.4 Å². The molecule has 1 unspecified atom stereocenters. The largest absolute Gasteiger partial charge is 0.469 e. The molecule has 0 spiro atoms. The fraction of sp³-hybridized carbons (Fsp3) is 0.526. The Labute approximate surface area is 152 Å². The molecule has 0 bridgehead atoms. The molecule has 0 N–H and O–H groups in total. The van der Waals surface area contributed by atoms with E-state index in [4.69, 9.17) is 9.47 Å². The summed E-state index contributed by atoms with van der Waals surface area (Å²) >= 11 is 0. The van der Waals surface area contributed by atoms with Crippen LogP contribution in [0.3, 0.4) is 0 Å². The van der Waals surface area contributed by atoms with Crippen molar-refractivity contribution in [1.82, 2.24) is 14.5 Å². The summed E-state index contributed by atoms with van der Waals surface area (Å²) in [4.78, 5) is 30.8. The van der Waals surface area contributed by atoms with E-state index in [0.717, 1.165) is 36.3 Å². The third kappa shape index (κ3) is 3.88. The van der Waals surface area contributed by atoms with Crippen molar-refractivity contribution in [2.75, 3.05) is 26.8 Å². The Hall–Kier alpha value is -2.41. The van der Waals surface area contributed by atoms with Gasteiger partial charge in [-0.2, -0.15) is 0 Å². The highest BCUT2D eigenvalue weighted by atomic mass is 16.5. The maximum absolute atomic E-state index is 13.1. The number of rotatable bonds is 6. The van der Waals surface area contributed by atoms with Crippen LogP contribution < -0.4 is 0 Å². The number of amides is 1. The Bertz CT molecular complexity index is 808. The molecule has 2 heterocycles. The lowest BCUT2D eigenvalue weighted by atomic mass is 10.1. The van der Waals surface area contributed by atoms with Gasteiger partial charge in [0.05, 0.1) is 30.7 Å². The fourth-order valence-electron chi connectivity index (χ4n) is 3.27. The molecule has 0 saturated carbocycles. The average Bonchev–Trinajstić information content (AvgIpc) is 3.25. The van der Waals surface area contributed by atoms with Crippen LogP contribution in [0.1, 0.15) is 35.4 Å². The zero-order chi connectivity index (χ0) is 18.7. The van der Waals surface area contributed by atoms with Gasteiger partial charge < -0.3 is 18.9 Å². The number of aryl methyl sites for hydroxylation is 2. The Kier molecular flexibility index (Phi) is 5.56. The van der Waals surface area contributed by atoms with E-state index in [9.17, 15) is 9.59 Å². The van der Waals surface area contributed by atoms with Crippen molar-refractivity contribution in [1.29, 1.82) is 0 Å². The van der Waals surface area contributed by atoms with E-state index >= 15 is 0 Å². The van der Waals surface area contributed by atoms with Crippen molar-refractivity contribution in [3.05, 3.63) is 29.6 Å². The second-order valence-corrected chi connectivity index (χ2v) is 6.63. The molecule has 1 saturated heterocycles. The molecular formula is C19H25N3O4. The van der Waals surface area contributed by atoms with Crippen molar-refractivity contribution >= 4 is 22.9 Å². The van der Waals surface area contributed by atoms with Gasteiger partial charge in [-0.15, -0.1) is 0 Å². The molecule has 1 atom stereocenters. The molecule has 1 aliphatic rings. The summed E-state index contributed by atoms with van der Waals surface area (Å²) in [5.74, 6) is 0.451. The minimum atomic E-state index is -0.328. The molecule has 2 aromatic rings. The Balaban J connectivity index is 1.81. The zero-order valence-electron chi connectivity index (χ0n) is 15.5. The fourth-order valence-corrected chi connectivity index (χ4v) is 3.27. The third-order valence-corrected chi connectivity index (χ3v) is 4.90. The van der Waals surface area contributed by atoms with Crippen LogP contribution in [0, 0.1) is 6.92 Å². The lowest BCUT2D eigenvalue weighted by molar-refractivity contribution is -0.140. The maximum Gasteiger partial charge on any atom is 0.307 e. The molecule has 0 radical (unpaired) electrons. The van der Waals surface area contributed by atoms with Crippen LogP contribution in [0.5, 0.6) is 0 Å². The first kappa shape index (κ1) is 18.4. The van der Waals surface area contributed by atoms with Gasteiger partial charge in [-0.05, 0) is 38.0 Å². The summed E-state index contributed by atoms with van der Waals surface area (Å²) in [5.41, 5.74) is 2.35. The first-order valence-electron chi connectivity index (χ1n) is 8.90. The van der Waals surface area contributed by atoms with E-state index in [2.05, 4.69) is 4.98 Å². The number of hydrogen-bond acceptors (Lipinski definition) is 5. The standard InChI is InChI=1S/C19H25N3O4/c1-13-20-16-11-14(6-7-17(16)21(13)2)19(24)22(9-8-18(23)25-3)12-15-5-4-10-26-15/h6-7,11,15H,4-5,8-10,12H2,1-3H3. The van der Waals surface area contributed by atoms with E-state index < -0.39 is 0 Å². The van der Waals surface area contributed by atoms with Crippen molar-refractivity contribution in [3.8, 4) is 0 Å². The van der Waals surface area contributed by atoms with Gasteiger partial charge in [-0.3, -0.25) is 9.59 Å². The number of carbonyl (C=O) groups excluding carboxylic acids is 2. The minimum absolute atomic E-state index is 0.0254. The summed E-state index contributed by atoms with van der Waals surface area (Å²) in [5, 5.41) is 0. The lowest BCUT2D eigenvalue weighted by Gasteiger charge is -2.25. The van der Waals surface area contributed by atoms with Crippen LogP contribution in [-0.4, -0.2) is 59.2 Å². The highest BCUT2D eigenvalue weighted by molar-refractivity contribution is 5.97. The Morgan fingerprint density at radius 3 is 2.92 bits per heavy atom. The monoisotopic (exact) mass is 359 g/mol. The van der Waals surface area contributed by atoms with Crippen molar-refractivity contribution in [2.24, 2.45) is 7.05 Å². The van der Waals surface area contributed by atoms with E-state index in [0.29, 0.717) is 18.7 Å². The molecule has 7 nitrogen and oxygen atoms in total. The van der Waals surface area contributed by atoms with Crippen LogP contribution in [0.4, 0.5) is 0 Å². The summed E-state index contributed by atoms with van der Waals surface area (Å²) in [6.07, 6.45) is 2.13. The number of aromatic nitrogens is 2. The molecule has 140 valence electrons. The molecular weight excluding hydrogens is 334 g/mol. The molecule has 26 heavy (non-hydrogen) atoms. The second kappa shape index (κ2) is 7.86. The van der Waals surface area contributed by atoms with E-state index in [1.807, 2.05) is 36.7 Å². The number of nitrogens with zero attached hydrogens (tertiary/aromatic N) is 3. The zero-order valence-corrected chi connectivity index (χ0v) is 15.5. The molecule has 1 amide bonds. The van der Waals surface area contributed by atoms with Gasteiger partial charge in [0.1, 0.15) is 5.82 Å². The number of hydrogen-bond donors (Lipinski definition) is 0. The van der Waals surface area contributed by atoms with Crippen LogP contribution in [-0.2, 0) is 21.3 Å². The van der Waals surface area contributed by atoms with E-state index in [1.54, 1.807) is 4.90 Å². The van der Waals surface area contributed by atoms with Crippen molar-refractivity contribution < 1.29 is 19.1 Å². The first-order valence-corrected chi connectivity index (χ1v) is 8.90. The lowest BCUT2D eigenvalue weighted by Crippen LogP contribution is -2.38. The van der Waals surface area contributed by atoms with Crippen molar-refractivity contribution in [3.63, 3.8) is 0 Å². The average molecular weight is 359 g/mol. The number of methoxy groups -OCH3 is 1. The van der Waals surface area contributed by atoms with Gasteiger partial charge in [-0.1, -0.05) is 0 Å². The number of benzene rings is 1. The third-order valence-electron chi connectivity index (χ3n) is 4.90. The smallest absolute Gasteiger partial charge is 0.307 e. The van der Waals surface area contributed by atoms with Gasteiger partial charge in [0.15, 0.2) is 0 Å². The summed E-state index contributed by atoms with van der Waals surface area (Å²) in [6, 6.07) is 5.53. The normalized spacial score (nSPS) is 16.8. The quantitative estimate of drug-likeness (QED) is 0.738. The molecule has 1 aromatic carbocycles. The van der Waals surface area contributed by atoms with Gasteiger partial charge in [0, 0.05) is 32.3 Å². The Morgan fingerprint density at radius 1 is 1.42 bits per heavy atom. The predicted octanol–water partition coefficient (Wildman–Crippen LogP) is 2.07. The molecule has 7 heteroatoms. The highest BCUT2D eigenvalue weighted by Crippen LogP contribution is 2.19. The molecule has 1 aliphatic heterocycles. The summed E-state index contributed by atoms with van der Waals surface area (Å²) in [6.45, 7) is 3.45. The topological polar surface area (TPSA) is 73.7 Å². The summed E-state index contributed by atoms with van der Waals surface area (Å²) < 4.78 is 12.4. The predicted molar refractivity (Wildman–Crippen MR) is 97.0 cm³/mol. The van der Waals surface area contributed by atoms with Crippen LogP contribution in [0.25, 0.3) is 11.0 Å². The second-order valence-electron chi connectivity index (χ2n) is 6.63. The molecule has 1 fully saturated rings. The maximum atomic E-state index is 13.1. The molecule has 0 aliphatic carbocycles. The van der Waals surface area contributed by atoms with Crippen LogP contribution in [0.15, 0.2) is 18.2 Å². The molecule has 1 aromatic heterocycles. The van der Waals surface area contributed by atoms with E-state index in [1.165, 1.54) is 7.11 Å².